The molecule has 0 aliphatic rings. The van der Waals surface area contributed by atoms with E-state index in [4.69, 9.17) is 62.1 Å². The minimum atomic E-state index is -4.67. The molecular weight excluding hydrogens is 517 g/mol. The van der Waals surface area contributed by atoms with Gasteiger partial charge in [-0.05, 0) is 0 Å². The molecule has 0 saturated carbocycles. The summed E-state index contributed by atoms with van der Waals surface area (Å²) in [5.41, 5.74) is 0. The van der Waals surface area contributed by atoms with E-state index in [1.54, 1.807) is 0 Å². The topological polar surface area (TPSA) is 335 Å². The third kappa shape index (κ3) is 10400. The van der Waals surface area contributed by atoms with Crippen LogP contribution < -0.4 is 10.3 Å². The second kappa shape index (κ2) is 13.3. The quantitative estimate of drug-likeness (QED) is 0.165. The number of hydrogen-bond donors (Lipinski definition) is 6. The van der Waals surface area contributed by atoms with Crippen LogP contribution in [0.2, 0.25) is 0 Å². The predicted octanol–water partition coefficient (Wildman–Crippen LogP) is -3.92. The van der Waals surface area contributed by atoms with E-state index in [9.17, 15) is 0 Å². The Hall–Kier alpha value is 0.844. The van der Waals surface area contributed by atoms with Crippen LogP contribution in [0.25, 0.3) is 0 Å². The third-order valence-electron chi connectivity index (χ3n) is 0. The van der Waals surface area contributed by atoms with Gasteiger partial charge in [0.2, 0.25) is 0 Å². The van der Waals surface area contributed by atoms with E-state index in [-0.39, 0.29) is 41.3 Å². The molecule has 0 atom stereocenters. The van der Waals surface area contributed by atoms with Crippen LogP contribution in [0.5, 0.6) is 0 Å². The Morgan fingerprint density at radius 1 is 0.667 bits per heavy atom. The fourth-order valence-electron chi connectivity index (χ4n) is 0. The summed E-state index contributed by atoms with van der Waals surface area (Å²) in [6, 6.07) is 0. The first-order valence-corrected chi connectivity index (χ1v) is 8.73. The molecule has 0 aliphatic heterocycles. The average Bonchev–Trinajstić information content (AvgIpc) is 1.62. The second-order valence-electron chi connectivity index (χ2n) is 1.94. The summed E-state index contributed by atoms with van der Waals surface area (Å²) in [6.45, 7) is 0. The zero-order chi connectivity index (χ0) is 18.0. The van der Waals surface area contributed by atoms with E-state index in [2.05, 4.69) is 10.3 Å². The molecule has 0 unspecified atom stereocenters. The van der Waals surface area contributed by atoms with Gasteiger partial charge in [0.15, 0.2) is 0 Å². The number of nitrogens with one attached hydrogen (secondary N) is 2. The maximum atomic E-state index is 8.97. The van der Waals surface area contributed by atoms with Crippen molar-refractivity contribution in [3.05, 3.63) is 0 Å². The van der Waals surface area contributed by atoms with Gasteiger partial charge in [-0.15, -0.1) is 0 Å². The van der Waals surface area contributed by atoms with Crippen LogP contribution in [0.3, 0.4) is 0 Å². The maximum Gasteiger partial charge on any atom is 0.330 e. The molecule has 0 saturated heterocycles. The van der Waals surface area contributed by atoms with E-state index < -0.39 is 41.2 Å². The number of hydrogen-bond acceptors (Lipinski definition) is 12. The average molecular weight is 525 g/mol. The van der Waals surface area contributed by atoms with Crippen LogP contribution >= 0.6 is 0 Å². The van der Waals surface area contributed by atoms with Crippen LogP contribution in [0.1, 0.15) is 0 Å². The van der Waals surface area contributed by atoms with Gasteiger partial charge >= 0.3 is 20.6 Å². The molecule has 0 aromatic rings. The summed E-state index contributed by atoms with van der Waals surface area (Å²) in [5.74, 6) is 0. The van der Waals surface area contributed by atoms with Crippen molar-refractivity contribution in [3.63, 3.8) is 0 Å². The van der Waals surface area contributed by atoms with E-state index in [0.29, 0.717) is 0 Å². The monoisotopic (exact) mass is 525 g/mol. The van der Waals surface area contributed by atoms with E-state index in [1.165, 1.54) is 0 Å². The molecular formula is H8N4O12PrS4-4. The van der Waals surface area contributed by atoms with Gasteiger partial charge in [0.1, 0.15) is 0 Å². The molecule has 0 bridgehead atoms. The molecule has 0 aliphatic carbocycles. The Balaban J connectivity index is -0.0000000533. The molecule has 0 amide bonds. The normalized spacial score (nSPS) is 11.0. The Labute approximate surface area is 153 Å². The van der Waals surface area contributed by atoms with Crippen LogP contribution in [0.4, 0.5) is 0 Å². The van der Waals surface area contributed by atoms with Gasteiger partial charge in [0.25, 0.3) is 0 Å². The van der Waals surface area contributed by atoms with Gasteiger partial charge in [-0.1, -0.05) is 20.6 Å². The van der Waals surface area contributed by atoms with Crippen molar-refractivity contribution in [1.29, 1.82) is 9.56 Å². The molecule has 1 radical (unpaired) electrons. The number of rotatable bonds is 0. The van der Waals surface area contributed by atoms with Crippen molar-refractivity contribution in [3.8, 4) is 0 Å². The van der Waals surface area contributed by atoms with E-state index in [0.717, 1.165) is 0 Å². The molecule has 16 nitrogen and oxygen atoms in total. The SMILES string of the molecule is N=S(=O)([O-])[O-].N=S(=O)([O-])[O-].NS(=O)(=O)O.NS(=O)(=O)O.[Pr]. The minimum Gasteiger partial charge on any atom is -0.775 e. The van der Waals surface area contributed by atoms with Crippen LogP contribution in [0, 0.1) is 50.9 Å². The van der Waals surface area contributed by atoms with Crippen molar-refractivity contribution in [1.82, 2.24) is 0 Å². The van der Waals surface area contributed by atoms with Crippen molar-refractivity contribution in [2.45, 2.75) is 0 Å². The van der Waals surface area contributed by atoms with Crippen LogP contribution in [-0.2, 0) is 41.2 Å². The first kappa shape index (κ1) is 33.5. The third-order valence-corrected chi connectivity index (χ3v) is 0. The fraction of sp³-hybridized carbons (Fsp3) is 0. The standard InChI is InChI=1S/4H3NO3S.Pr/c4*1-5(2,3)4;/h4*(H3,1,2,3,4);/p-4. The molecule has 21 heavy (non-hydrogen) atoms. The van der Waals surface area contributed by atoms with Gasteiger partial charge in [-0.25, -0.2) is 10.3 Å². The number of nitrogens with two attached hydrogens (primary N) is 2. The summed E-state index contributed by atoms with van der Waals surface area (Å²) in [7, 11) is -17.7. The first-order valence-electron chi connectivity index (χ1n) is 2.91. The van der Waals surface area contributed by atoms with Crippen molar-refractivity contribution in [2.24, 2.45) is 10.3 Å². The molecule has 0 aromatic heterocycles. The Kier molecular flexibility index (Phi) is 21.2. The molecule has 131 valence electrons. The molecule has 8 N–H and O–H groups in total. The Morgan fingerprint density at radius 3 is 0.667 bits per heavy atom. The fourth-order valence-corrected chi connectivity index (χ4v) is 0. The first-order chi connectivity index (χ1) is 8.00. The molecule has 0 fully saturated rings. The molecule has 0 aromatic carbocycles. The zero-order valence-corrected chi connectivity index (χ0v) is 16.3. The van der Waals surface area contributed by atoms with Gasteiger partial charge in [-0.3, -0.25) is 27.1 Å². The molecule has 0 spiro atoms. The maximum absolute atomic E-state index is 8.97. The largest absolute Gasteiger partial charge is 0.775 e. The summed E-state index contributed by atoms with van der Waals surface area (Å²) >= 11 is 0. The van der Waals surface area contributed by atoms with Crippen LogP contribution in [-0.4, -0.2) is 52.6 Å². The van der Waals surface area contributed by atoms with Crippen molar-refractivity contribution in [2.75, 3.05) is 0 Å². The van der Waals surface area contributed by atoms with Gasteiger partial charge in [0.05, 0.1) is 0 Å². The molecule has 0 rings (SSSR count). The van der Waals surface area contributed by atoms with Gasteiger partial charge in [-0.2, -0.15) is 16.8 Å². The summed E-state index contributed by atoms with van der Waals surface area (Å²) in [6.07, 6.45) is 0. The molecule has 21 heteroatoms. The van der Waals surface area contributed by atoms with E-state index in [1.807, 2.05) is 0 Å². The Bertz CT molecular complexity index is 486. The van der Waals surface area contributed by atoms with Crippen LogP contribution in [0.15, 0.2) is 0 Å². The van der Waals surface area contributed by atoms with E-state index >= 15 is 0 Å². The van der Waals surface area contributed by atoms with Crippen molar-refractivity contribution >= 4 is 41.2 Å². The molecule has 0 heterocycles. The minimum absolute atomic E-state index is 0. The smallest absolute Gasteiger partial charge is 0.330 e. The zero-order valence-electron chi connectivity index (χ0n) is 9.34. The van der Waals surface area contributed by atoms with Gasteiger partial charge < -0.3 is 18.2 Å². The van der Waals surface area contributed by atoms with Crippen molar-refractivity contribution < 1.29 is 93.9 Å². The predicted molar refractivity (Wildman–Crippen MR) is 56.3 cm³/mol. The Morgan fingerprint density at radius 2 is 0.667 bits per heavy atom. The van der Waals surface area contributed by atoms with Gasteiger partial charge in [0, 0.05) is 41.3 Å². The summed E-state index contributed by atoms with van der Waals surface area (Å²) in [5, 5.41) is 7.76. The summed E-state index contributed by atoms with van der Waals surface area (Å²) in [4.78, 5) is 0. The summed E-state index contributed by atoms with van der Waals surface area (Å²) < 4.78 is 114. The second-order valence-corrected chi connectivity index (χ2v) is 5.81.